The summed E-state index contributed by atoms with van der Waals surface area (Å²) < 4.78 is 26.9. The molecule has 0 aromatic heterocycles. The van der Waals surface area contributed by atoms with Gasteiger partial charge in [0.2, 0.25) is 15.9 Å². The first-order valence-electron chi connectivity index (χ1n) is 8.44. The number of nitrogens with one attached hydrogen (secondary N) is 2. The van der Waals surface area contributed by atoms with Crippen LogP contribution in [-0.2, 0) is 26.2 Å². The molecule has 2 rings (SSSR count). The molecule has 0 unspecified atom stereocenters. The van der Waals surface area contributed by atoms with Crippen LogP contribution in [-0.4, -0.2) is 31.4 Å². The van der Waals surface area contributed by atoms with E-state index in [0.29, 0.717) is 12.1 Å². The molecule has 1 atom stereocenters. The van der Waals surface area contributed by atoms with E-state index in [0.717, 1.165) is 5.56 Å². The minimum absolute atomic E-state index is 0.105. The van der Waals surface area contributed by atoms with Crippen LogP contribution in [0, 0.1) is 12.3 Å². The second kappa shape index (κ2) is 9.69. The average molecular weight is 400 g/mol. The molecule has 2 aromatic carbocycles. The van der Waals surface area contributed by atoms with Crippen LogP contribution in [0.15, 0.2) is 59.5 Å². The van der Waals surface area contributed by atoms with Crippen molar-refractivity contribution in [1.82, 2.24) is 10.0 Å². The predicted octanol–water partition coefficient (Wildman–Crippen LogP) is 1.50. The number of aliphatic carboxylic acids is 1. The Morgan fingerprint density at radius 2 is 1.71 bits per heavy atom. The molecule has 0 saturated carbocycles. The van der Waals surface area contributed by atoms with Gasteiger partial charge in [-0.1, -0.05) is 36.3 Å². The zero-order valence-electron chi connectivity index (χ0n) is 15.0. The molecule has 7 nitrogen and oxygen atoms in total. The highest BCUT2D eigenvalue weighted by Gasteiger charge is 2.26. The van der Waals surface area contributed by atoms with Crippen LogP contribution in [0.2, 0.25) is 0 Å². The van der Waals surface area contributed by atoms with Gasteiger partial charge in [0.05, 0.1) is 4.90 Å². The van der Waals surface area contributed by atoms with Crippen LogP contribution in [0.5, 0.6) is 0 Å². The second-order valence-electron chi connectivity index (χ2n) is 5.98. The molecule has 0 saturated heterocycles. The molecule has 8 heteroatoms. The monoisotopic (exact) mass is 400 g/mol. The fourth-order valence-corrected chi connectivity index (χ4v) is 3.60. The van der Waals surface area contributed by atoms with Crippen LogP contribution in [0.25, 0.3) is 0 Å². The van der Waals surface area contributed by atoms with Crippen molar-refractivity contribution in [1.29, 1.82) is 0 Å². The van der Waals surface area contributed by atoms with E-state index in [-0.39, 0.29) is 23.6 Å². The summed E-state index contributed by atoms with van der Waals surface area (Å²) in [7, 11) is -4.06. The van der Waals surface area contributed by atoms with Gasteiger partial charge in [-0.3, -0.25) is 9.59 Å². The van der Waals surface area contributed by atoms with Crippen LogP contribution in [0.4, 0.5) is 0 Å². The lowest BCUT2D eigenvalue weighted by molar-refractivity contribution is -0.139. The first kappa shape index (κ1) is 21.2. The summed E-state index contributed by atoms with van der Waals surface area (Å²) >= 11 is 0. The Kier molecular flexibility index (Phi) is 7.32. The normalized spacial score (nSPS) is 12.0. The van der Waals surface area contributed by atoms with Gasteiger partial charge < -0.3 is 10.4 Å². The van der Waals surface area contributed by atoms with E-state index in [9.17, 15) is 23.1 Å². The molecule has 0 aliphatic carbocycles. The van der Waals surface area contributed by atoms with Gasteiger partial charge in [-0.05, 0) is 36.2 Å². The zero-order valence-corrected chi connectivity index (χ0v) is 15.8. The number of carboxylic acid groups (broad SMARTS) is 1. The van der Waals surface area contributed by atoms with Crippen LogP contribution in [0.1, 0.15) is 24.0 Å². The van der Waals surface area contributed by atoms with Crippen LogP contribution < -0.4 is 10.0 Å². The highest BCUT2D eigenvalue weighted by atomic mass is 32.2. The van der Waals surface area contributed by atoms with Crippen molar-refractivity contribution in [3.63, 3.8) is 0 Å². The number of terminal acetylenes is 1. The van der Waals surface area contributed by atoms with Gasteiger partial charge in [0.1, 0.15) is 6.04 Å². The van der Waals surface area contributed by atoms with Crippen molar-refractivity contribution in [3.8, 4) is 12.3 Å². The fraction of sp³-hybridized carbons (Fsp3) is 0.200. The molecular formula is C20H20N2O5S. The second-order valence-corrected chi connectivity index (χ2v) is 7.70. The largest absolute Gasteiger partial charge is 0.480 e. The molecule has 0 radical (unpaired) electrons. The number of hydrogen-bond acceptors (Lipinski definition) is 4. The minimum Gasteiger partial charge on any atom is -0.480 e. The third-order valence-corrected chi connectivity index (χ3v) is 5.41. The number of carboxylic acids is 1. The fourth-order valence-electron chi connectivity index (χ4n) is 2.38. The third-order valence-electron chi connectivity index (χ3n) is 3.92. The van der Waals surface area contributed by atoms with Crippen molar-refractivity contribution in [2.24, 2.45) is 0 Å². The number of carbonyl (C=O) groups is 2. The molecule has 0 aliphatic heterocycles. The van der Waals surface area contributed by atoms with Gasteiger partial charge in [0.25, 0.3) is 0 Å². The van der Waals surface area contributed by atoms with Crippen molar-refractivity contribution >= 4 is 21.9 Å². The highest BCUT2D eigenvalue weighted by molar-refractivity contribution is 7.89. The summed E-state index contributed by atoms with van der Waals surface area (Å²) in [6.07, 6.45) is 4.91. The van der Waals surface area contributed by atoms with Crippen LogP contribution >= 0.6 is 0 Å². The van der Waals surface area contributed by atoms with Gasteiger partial charge in [-0.25, -0.2) is 8.42 Å². The summed E-state index contributed by atoms with van der Waals surface area (Å²) in [5.41, 5.74) is 1.41. The molecule has 0 bridgehead atoms. The van der Waals surface area contributed by atoms with Crippen molar-refractivity contribution in [2.75, 3.05) is 0 Å². The number of amides is 1. The third kappa shape index (κ3) is 6.23. The molecular weight excluding hydrogens is 380 g/mol. The topological polar surface area (TPSA) is 113 Å². The first-order valence-corrected chi connectivity index (χ1v) is 9.92. The Labute approximate surface area is 163 Å². The minimum atomic E-state index is -4.06. The predicted molar refractivity (Wildman–Crippen MR) is 104 cm³/mol. The SMILES string of the molecule is C#Cc1ccc(S(=O)(=O)N[C@H](CCC(=O)NCc2ccccc2)C(=O)O)cc1. The number of benzene rings is 2. The van der Waals surface area contributed by atoms with Crippen LogP contribution in [0.3, 0.4) is 0 Å². The summed E-state index contributed by atoms with van der Waals surface area (Å²) in [4.78, 5) is 23.3. The Hall–Kier alpha value is -3.15. The van der Waals surface area contributed by atoms with Gasteiger partial charge in [-0.2, -0.15) is 4.72 Å². The zero-order chi connectivity index (χ0) is 20.6. The highest BCUT2D eigenvalue weighted by Crippen LogP contribution is 2.12. The Bertz CT molecular complexity index is 964. The lowest BCUT2D eigenvalue weighted by atomic mass is 10.1. The summed E-state index contributed by atoms with van der Waals surface area (Å²) in [5.74, 6) is 0.638. The van der Waals surface area contributed by atoms with Crippen molar-refractivity contribution < 1.29 is 23.1 Å². The van der Waals surface area contributed by atoms with Crippen molar-refractivity contribution in [2.45, 2.75) is 30.3 Å². The van der Waals surface area contributed by atoms with Gasteiger partial charge in [0.15, 0.2) is 0 Å². The first-order chi connectivity index (χ1) is 13.3. The molecule has 0 fully saturated rings. The van der Waals surface area contributed by atoms with Crippen molar-refractivity contribution in [3.05, 3.63) is 65.7 Å². The molecule has 146 valence electrons. The van der Waals surface area contributed by atoms with E-state index in [1.807, 2.05) is 30.3 Å². The van der Waals surface area contributed by atoms with E-state index < -0.39 is 22.0 Å². The lowest BCUT2D eigenvalue weighted by Gasteiger charge is -2.15. The van der Waals surface area contributed by atoms with E-state index in [1.54, 1.807) is 0 Å². The van der Waals surface area contributed by atoms with Gasteiger partial charge in [-0.15, -0.1) is 6.42 Å². The maximum absolute atomic E-state index is 12.4. The standard InChI is InChI=1S/C20H20N2O5S/c1-2-15-8-10-17(11-9-15)28(26,27)22-18(20(24)25)12-13-19(23)21-14-16-6-4-3-5-7-16/h1,3-11,18,22H,12-14H2,(H,21,23)(H,24,25)/t18-/m1/s1. The number of hydrogen-bond donors (Lipinski definition) is 3. The number of sulfonamides is 1. The summed E-state index contributed by atoms with van der Waals surface area (Å²) in [6, 6.07) is 13.3. The number of rotatable bonds is 9. The molecule has 1 amide bonds. The molecule has 28 heavy (non-hydrogen) atoms. The van der Waals surface area contributed by atoms with E-state index in [2.05, 4.69) is 16.0 Å². The Morgan fingerprint density at radius 1 is 1.07 bits per heavy atom. The summed E-state index contributed by atoms with van der Waals surface area (Å²) in [6.45, 7) is 0.310. The lowest BCUT2D eigenvalue weighted by Crippen LogP contribution is -2.41. The average Bonchev–Trinajstić information content (AvgIpc) is 2.70. The molecule has 0 aliphatic rings. The van der Waals surface area contributed by atoms with E-state index in [1.165, 1.54) is 24.3 Å². The molecule has 2 aromatic rings. The Morgan fingerprint density at radius 3 is 2.29 bits per heavy atom. The molecule has 3 N–H and O–H groups in total. The van der Waals surface area contributed by atoms with E-state index >= 15 is 0 Å². The molecule has 0 spiro atoms. The maximum Gasteiger partial charge on any atom is 0.321 e. The van der Waals surface area contributed by atoms with Gasteiger partial charge >= 0.3 is 5.97 Å². The quantitative estimate of drug-likeness (QED) is 0.552. The van der Waals surface area contributed by atoms with E-state index in [4.69, 9.17) is 6.42 Å². The maximum atomic E-state index is 12.4. The van der Waals surface area contributed by atoms with Gasteiger partial charge in [0, 0.05) is 18.5 Å². The number of carbonyl (C=O) groups excluding carboxylic acids is 1. The smallest absolute Gasteiger partial charge is 0.321 e. The molecule has 0 heterocycles. The summed E-state index contributed by atoms with van der Waals surface area (Å²) in [5, 5.41) is 12.0. The Balaban J connectivity index is 1.94.